The second-order valence-electron chi connectivity index (χ2n) is 5.13. The first-order valence-electron chi connectivity index (χ1n) is 7.02. The van der Waals surface area contributed by atoms with Gasteiger partial charge in [0.15, 0.2) is 0 Å². The molecule has 0 saturated carbocycles. The number of hydrogen-bond donors (Lipinski definition) is 2. The van der Waals surface area contributed by atoms with Crippen molar-refractivity contribution in [2.24, 2.45) is 0 Å². The van der Waals surface area contributed by atoms with Crippen LogP contribution in [0.3, 0.4) is 0 Å². The molecule has 1 unspecified atom stereocenters. The molecule has 6 nitrogen and oxygen atoms in total. The number of benzene rings is 1. The Morgan fingerprint density at radius 1 is 1.25 bits per heavy atom. The zero-order valence-electron chi connectivity index (χ0n) is 12.5. The molecule has 2 N–H and O–H groups in total. The van der Waals surface area contributed by atoms with Crippen LogP contribution in [0.2, 0.25) is 0 Å². The Kier molecular flexibility index (Phi) is 4.10. The van der Waals surface area contributed by atoms with Gasteiger partial charge < -0.3 is 14.9 Å². The summed E-state index contributed by atoms with van der Waals surface area (Å²) in [6.45, 7) is 1.11. The average molecular weight is 338 g/mol. The van der Waals surface area contributed by atoms with Gasteiger partial charge in [-0.3, -0.25) is 0 Å². The van der Waals surface area contributed by atoms with Crippen LogP contribution in [0.25, 0.3) is 11.1 Å². The number of nitrogens with one attached hydrogen (secondary N) is 1. The van der Waals surface area contributed by atoms with Gasteiger partial charge in [0, 0.05) is 0 Å². The van der Waals surface area contributed by atoms with Crippen LogP contribution in [0.5, 0.6) is 0 Å². The monoisotopic (exact) mass is 338 g/mol. The molecule has 1 atom stereocenters. The van der Waals surface area contributed by atoms with E-state index in [0.29, 0.717) is 11.1 Å². The number of alkyl halides is 3. The number of anilines is 1. The number of aliphatic hydroxyl groups is 1. The summed E-state index contributed by atoms with van der Waals surface area (Å²) < 4.78 is 44.6. The fraction of sp³-hybridized carbons (Fsp3) is 0.267. The molecule has 0 aliphatic heterocycles. The van der Waals surface area contributed by atoms with Gasteiger partial charge in [0.1, 0.15) is 17.5 Å². The highest BCUT2D eigenvalue weighted by Crippen LogP contribution is 2.36. The second-order valence-corrected chi connectivity index (χ2v) is 5.13. The topological polar surface area (TPSA) is 84.1 Å². The molecule has 3 aromatic rings. The molecule has 2 heterocycles. The van der Waals surface area contributed by atoms with Crippen molar-refractivity contribution in [2.45, 2.75) is 19.1 Å². The molecule has 9 heteroatoms. The summed E-state index contributed by atoms with van der Waals surface area (Å²) in [6, 6.07) is 4.06. The van der Waals surface area contributed by atoms with Gasteiger partial charge in [-0.1, -0.05) is 23.4 Å². The number of rotatable bonds is 4. The van der Waals surface area contributed by atoms with Crippen molar-refractivity contribution in [2.75, 3.05) is 11.9 Å². The molecule has 1 aromatic carbocycles. The van der Waals surface area contributed by atoms with E-state index in [-0.39, 0.29) is 17.1 Å². The van der Waals surface area contributed by atoms with E-state index in [4.69, 9.17) is 4.52 Å². The van der Waals surface area contributed by atoms with Crippen molar-refractivity contribution in [3.63, 3.8) is 0 Å². The molecule has 3 rings (SSSR count). The van der Waals surface area contributed by atoms with E-state index < -0.39 is 24.4 Å². The molecule has 126 valence electrons. The van der Waals surface area contributed by atoms with Gasteiger partial charge in [-0.15, -0.1) is 0 Å². The number of aliphatic hydroxyl groups excluding tert-OH is 1. The highest BCUT2D eigenvalue weighted by atomic mass is 19.4. The Bertz CT molecular complexity index is 863. The Labute approximate surface area is 134 Å². The van der Waals surface area contributed by atoms with E-state index in [1.165, 1.54) is 24.5 Å². The lowest BCUT2D eigenvalue weighted by Crippen LogP contribution is -2.20. The van der Waals surface area contributed by atoms with Gasteiger partial charge in [-0.25, -0.2) is 4.98 Å². The van der Waals surface area contributed by atoms with Crippen molar-refractivity contribution in [3.8, 4) is 0 Å². The van der Waals surface area contributed by atoms with E-state index in [1.54, 1.807) is 6.92 Å². The minimum absolute atomic E-state index is 0.0756. The van der Waals surface area contributed by atoms with E-state index >= 15 is 0 Å². The van der Waals surface area contributed by atoms with Crippen LogP contribution < -0.4 is 5.32 Å². The van der Waals surface area contributed by atoms with Crippen LogP contribution in [0.4, 0.5) is 19.0 Å². The number of halogens is 3. The maximum absolute atomic E-state index is 13.2. The van der Waals surface area contributed by atoms with Gasteiger partial charge in [-0.05, 0) is 18.6 Å². The minimum Gasteiger partial charge on any atom is -0.394 e. The average Bonchev–Trinajstić information content (AvgIpc) is 2.94. The van der Waals surface area contributed by atoms with Crippen LogP contribution in [0.1, 0.15) is 22.9 Å². The predicted molar refractivity (Wildman–Crippen MR) is 79.2 cm³/mol. The normalized spacial score (nSPS) is 13.2. The first kappa shape index (κ1) is 16.2. The molecule has 0 bridgehead atoms. The number of hydrogen-bond acceptors (Lipinski definition) is 6. The van der Waals surface area contributed by atoms with Crippen molar-refractivity contribution >= 4 is 16.9 Å². The number of nitrogens with zero attached hydrogens (tertiary/aromatic N) is 3. The summed E-state index contributed by atoms with van der Waals surface area (Å²) >= 11 is 0. The molecule has 0 spiro atoms. The first-order valence-corrected chi connectivity index (χ1v) is 7.02. The molecule has 0 radical (unpaired) electrons. The van der Waals surface area contributed by atoms with Crippen molar-refractivity contribution < 1.29 is 22.8 Å². The SMILES string of the molecule is Cc1noc2ncnc(NC(CO)c3ccccc3C(F)(F)F)c12. The summed E-state index contributed by atoms with van der Waals surface area (Å²) in [5, 5.41) is 16.7. The van der Waals surface area contributed by atoms with Crippen molar-refractivity contribution in [1.29, 1.82) is 0 Å². The number of aryl methyl sites for hydroxylation is 1. The predicted octanol–water partition coefficient (Wildman–Crippen LogP) is 3.09. The fourth-order valence-corrected chi connectivity index (χ4v) is 2.48. The number of aromatic nitrogens is 3. The molecule has 0 aliphatic carbocycles. The van der Waals surface area contributed by atoms with Crippen LogP contribution in [0, 0.1) is 6.92 Å². The second kappa shape index (κ2) is 6.08. The van der Waals surface area contributed by atoms with Crippen molar-refractivity contribution in [1.82, 2.24) is 15.1 Å². The minimum atomic E-state index is -4.53. The summed E-state index contributed by atoms with van der Waals surface area (Å²) in [5.74, 6) is 0.245. The quantitative estimate of drug-likeness (QED) is 0.760. The zero-order valence-corrected chi connectivity index (χ0v) is 12.5. The Morgan fingerprint density at radius 3 is 2.71 bits per heavy atom. The van der Waals surface area contributed by atoms with Gasteiger partial charge >= 0.3 is 6.18 Å². The van der Waals surface area contributed by atoms with E-state index in [2.05, 4.69) is 20.4 Å². The van der Waals surface area contributed by atoms with E-state index in [9.17, 15) is 18.3 Å². The Morgan fingerprint density at radius 2 is 2.00 bits per heavy atom. The first-order chi connectivity index (χ1) is 11.4. The summed E-state index contributed by atoms with van der Waals surface area (Å²) in [7, 11) is 0. The molecule has 0 fully saturated rings. The van der Waals surface area contributed by atoms with Crippen LogP contribution in [-0.2, 0) is 6.18 Å². The van der Waals surface area contributed by atoms with Gasteiger partial charge in [0.05, 0.1) is 23.9 Å². The smallest absolute Gasteiger partial charge is 0.394 e. The molecule has 0 aliphatic rings. The lowest BCUT2D eigenvalue weighted by Gasteiger charge is -2.21. The zero-order chi connectivity index (χ0) is 17.3. The molecule has 24 heavy (non-hydrogen) atoms. The highest BCUT2D eigenvalue weighted by Gasteiger charge is 2.35. The van der Waals surface area contributed by atoms with Crippen LogP contribution >= 0.6 is 0 Å². The molecule has 0 amide bonds. The fourth-order valence-electron chi connectivity index (χ4n) is 2.48. The van der Waals surface area contributed by atoms with Gasteiger partial charge in [0.2, 0.25) is 0 Å². The van der Waals surface area contributed by atoms with Crippen LogP contribution in [-0.4, -0.2) is 26.8 Å². The third-order valence-corrected chi connectivity index (χ3v) is 3.58. The highest BCUT2D eigenvalue weighted by molar-refractivity contribution is 5.87. The largest absolute Gasteiger partial charge is 0.416 e. The van der Waals surface area contributed by atoms with Gasteiger partial charge in [-0.2, -0.15) is 18.2 Å². The molecular weight excluding hydrogens is 325 g/mol. The Hall–Kier alpha value is -2.68. The van der Waals surface area contributed by atoms with E-state index in [0.717, 1.165) is 6.07 Å². The van der Waals surface area contributed by atoms with Crippen molar-refractivity contribution in [3.05, 3.63) is 47.4 Å². The van der Waals surface area contributed by atoms with Gasteiger partial charge in [0.25, 0.3) is 5.71 Å². The lowest BCUT2D eigenvalue weighted by molar-refractivity contribution is -0.138. The summed E-state index contributed by atoms with van der Waals surface area (Å²) in [6.07, 6.45) is -3.32. The lowest BCUT2D eigenvalue weighted by atomic mass is 10.00. The maximum atomic E-state index is 13.2. The van der Waals surface area contributed by atoms with E-state index in [1.807, 2.05) is 0 Å². The Balaban J connectivity index is 2.03. The van der Waals surface area contributed by atoms with Crippen LogP contribution in [0.15, 0.2) is 35.1 Å². The third-order valence-electron chi connectivity index (χ3n) is 3.58. The maximum Gasteiger partial charge on any atom is 0.416 e. The molecule has 0 saturated heterocycles. The standard InChI is InChI=1S/C15H13F3N4O2/c1-8-12-13(19-7-20-14(12)24-22-8)21-11(6-23)9-4-2-3-5-10(9)15(16,17)18/h2-5,7,11,23H,6H2,1H3,(H,19,20,21). The molecule has 2 aromatic heterocycles. The third kappa shape index (κ3) is 2.90. The number of fused-ring (bicyclic) bond motifs is 1. The summed E-state index contributed by atoms with van der Waals surface area (Å²) in [5.41, 5.74) is -0.183. The molecular formula is C15H13F3N4O2. The summed E-state index contributed by atoms with van der Waals surface area (Å²) in [4.78, 5) is 7.93.